The molecule has 1 aromatic rings. The van der Waals surface area contributed by atoms with Crippen LogP contribution < -0.4 is 0 Å². The van der Waals surface area contributed by atoms with Gasteiger partial charge in [0.2, 0.25) is 5.91 Å². The first-order chi connectivity index (χ1) is 11.3. The molecular formula is C18H25N3O2. The molecule has 5 heteroatoms. The van der Waals surface area contributed by atoms with E-state index in [0.717, 1.165) is 45.2 Å². The summed E-state index contributed by atoms with van der Waals surface area (Å²) in [4.78, 5) is 21.2. The standard InChI is InChI=1S/C18H25N3O2/c22-18-11-17-16(21(18)13-14-1-6-19-7-2-14)3-8-20(17)12-15-4-9-23-10-5-15/h1-2,6-7,15-17H,3-5,8-13H2/t16-,17+/m0/s1. The molecule has 3 saturated heterocycles. The maximum absolute atomic E-state index is 12.5. The minimum Gasteiger partial charge on any atom is -0.381 e. The van der Waals surface area contributed by atoms with E-state index in [4.69, 9.17) is 4.74 Å². The molecule has 3 aliphatic heterocycles. The first-order valence-electron chi connectivity index (χ1n) is 8.81. The van der Waals surface area contributed by atoms with Crippen LogP contribution in [-0.4, -0.2) is 59.1 Å². The zero-order valence-corrected chi connectivity index (χ0v) is 13.6. The summed E-state index contributed by atoms with van der Waals surface area (Å²) in [5.41, 5.74) is 1.18. The van der Waals surface area contributed by atoms with Gasteiger partial charge in [0, 0.05) is 63.7 Å². The van der Waals surface area contributed by atoms with Gasteiger partial charge in [0.25, 0.3) is 0 Å². The van der Waals surface area contributed by atoms with E-state index in [1.165, 1.54) is 18.4 Å². The third-order valence-electron chi connectivity index (χ3n) is 5.67. The van der Waals surface area contributed by atoms with E-state index < -0.39 is 0 Å². The van der Waals surface area contributed by atoms with Crippen LogP contribution in [0.25, 0.3) is 0 Å². The van der Waals surface area contributed by atoms with Gasteiger partial charge in [0.15, 0.2) is 0 Å². The molecular weight excluding hydrogens is 290 g/mol. The van der Waals surface area contributed by atoms with E-state index in [2.05, 4.69) is 14.8 Å². The molecule has 0 bridgehead atoms. The van der Waals surface area contributed by atoms with Crippen molar-refractivity contribution in [2.75, 3.05) is 26.3 Å². The molecule has 5 nitrogen and oxygen atoms in total. The molecule has 23 heavy (non-hydrogen) atoms. The van der Waals surface area contributed by atoms with Gasteiger partial charge in [0.05, 0.1) is 0 Å². The second-order valence-corrected chi connectivity index (χ2v) is 7.06. The highest BCUT2D eigenvalue weighted by Crippen LogP contribution is 2.34. The molecule has 2 atom stereocenters. The molecule has 1 amide bonds. The Hall–Kier alpha value is -1.46. The van der Waals surface area contributed by atoms with E-state index in [1.807, 2.05) is 12.1 Å². The Balaban J connectivity index is 1.40. The van der Waals surface area contributed by atoms with Gasteiger partial charge in [-0.3, -0.25) is 14.7 Å². The molecule has 3 fully saturated rings. The smallest absolute Gasteiger partial charge is 0.224 e. The van der Waals surface area contributed by atoms with Crippen molar-refractivity contribution in [3.05, 3.63) is 30.1 Å². The summed E-state index contributed by atoms with van der Waals surface area (Å²) in [5.74, 6) is 1.06. The predicted molar refractivity (Wildman–Crippen MR) is 86.7 cm³/mol. The van der Waals surface area contributed by atoms with E-state index in [-0.39, 0.29) is 0 Å². The summed E-state index contributed by atoms with van der Waals surface area (Å²) in [6, 6.07) is 4.84. The number of likely N-dealkylation sites (tertiary alicyclic amines) is 2. The molecule has 124 valence electrons. The minimum absolute atomic E-state index is 0.313. The molecule has 0 unspecified atom stereocenters. The maximum atomic E-state index is 12.5. The Morgan fingerprint density at radius 2 is 1.91 bits per heavy atom. The van der Waals surface area contributed by atoms with Gasteiger partial charge in [0.1, 0.15) is 0 Å². The molecule has 0 spiro atoms. The van der Waals surface area contributed by atoms with Crippen molar-refractivity contribution in [3.8, 4) is 0 Å². The molecule has 3 aliphatic rings. The summed E-state index contributed by atoms with van der Waals surface area (Å²) in [5, 5.41) is 0. The summed E-state index contributed by atoms with van der Waals surface area (Å²) in [6.45, 7) is 4.81. The second-order valence-electron chi connectivity index (χ2n) is 7.06. The zero-order chi connectivity index (χ0) is 15.6. The minimum atomic E-state index is 0.313. The topological polar surface area (TPSA) is 45.7 Å². The van der Waals surface area contributed by atoms with Crippen LogP contribution in [0.15, 0.2) is 24.5 Å². The van der Waals surface area contributed by atoms with Crippen molar-refractivity contribution >= 4 is 5.91 Å². The average molecular weight is 315 g/mol. The number of amides is 1. The van der Waals surface area contributed by atoms with Crippen molar-refractivity contribution in [3.63, 3.8) is 0 Å². The highest BCUT2D eigenvalue weighted by Gasteiger charge is 2.46. The van der Waals surface area contributed by atoms with Gasteiger partial charge in [-0.1, -0.05) is 0 Å². The van der Waals surface area contributed by atoms with Crippen LogP contribution >= 0.6 is 0 Å². The van der Waals surface area contributed by atoms with Crippen molar-refractivity contribution in [1.82, 2.24) is 14.8 Å². The molecule has 0 aromatic carbocycles. The lowest BCUT2D eigenvalue weighted by Crippen LogP contribution is -2.39. The number of nitrogens with zero attached hydrogens (tertiary/aromatic N) is 3. The first kappa shape index (κ1) is 15.1. The zero-order valence-electron chi connectivity index (χ0n) is 13.6. The third-order valence-corrected chi connectivity index (χ3v) is 5.67. The molecule has 0 saturated carbocycles. The van der Waals surface area contributed by atoms with Crippen LogP contribution in [-0.2, 0) is 16.1 Å². The lowest BCUT2D eigenvalue weighted by atomic mass is 9.99. The monoisotopic (exact) mass is 315 g/mol. The number of ether oxygens (including phenoxy) is 1. The van der Waals surface area contributed by atoms with Gasteiger partial charge < -0.3 is 9.64 Å². The van der Waals surface area contributed by atoms with Crippen LogP contribution in [0.3, 0.4) is 0 Å². The first-order valence-corrected chi connectivity index (χ1v) is 8.81. The van der Waals surface area contributed by atoms with E-state index in [0.29, 0.717) is 24.4 Å². The van der Waals surface area contributed by atoms with Gasteiger partial charge in [-0.15, -0.1) is 0 Å². The van der Waals surface area contributed by atoms with Crippen LogP contribution in [0, 0.1) is 5.92 Å². The number of carbonyl (C=O) groups excluding carboxylic acids is 1. The van der Waals surface area contributed by atoms with Gasteiger partial charge in [-0.25, -0.2) is 0 Å². The lowest BCUT2D eigenvalue weighted by Gasteiger charge is -2.30. The number of rotatable bonds is 4. The second kappa shape index (κ2) is 6.57. The SMILES string of the molecule is O=C1C[C@@H]2[C@H](CCN2CC2CCOCC2)N1Cc1ccncc1. The number of pyridine rings is 1. The number of hydrogen-bond donors (Lipinski definition) is 0. The van der Waals surface area contributed by atoms with Crippen LogP contribution in [0.4, 0.5) is 0 Å². The average Bonchev–Trinajstić information content (AvgIpc) is 3.10. The largest absolute Gasteiger partial charge is 0.381 e. The lowest BCUT2D eigenvalue weighted by molar-refractivity contribution is -0.129. The molecule has 4 heterocycles. The van der Waals surface area contributed by atoms with Gasteiger partial charge in [-0.2, -0.15) is 0 Å². The molecule has 0 N–H and O–H groups in total. The van der Waals surface area contributed by atoms with Gasteiger partial charge in [-0.05, 0) is 42.9 Å². The van der Waals surface area contributed by atoms with Crippen LogP contribution in [0.1, 0.15) is 31.2 Å². The van der Waals surface area contributed by atoms with E-state index in [1.54, 1.807) is 12.4 Å². The fourth-order valence-electron chi connectivity index (χ4n) is 4.39. The van der Waals surface area contributed by atoms with Crippen molar-refractivity contribution in [1.29, 1.82) is 0 Å². The third kappa shape index (κ3) is 3.12. The Labute approximate surface area is 137 Å². The summed E-state index contributed by atoms with van der Waals surface area (Å²) < 4.78 is 5.47. The number of aromatic nitrogens is 1. The normalized spacial score (nSPS) is 29.2. The summed E-state index contributed by atoms with van der Waals surface area (Å²) >= 11 is 0. The summed E-state index contributed by atoms with van der Waals surface area (Å²) in [6.07, 6.45) is 7.76. The van der Waals surface area contributed by atoms with E-state index in [9.17, 15) is 4.79 Å². The summed E-state index contributed by atoms with van der Waals surface area (Å²) in [7, 11) is 0. The number of carbonyl (C=O) groups is 1. The van der Waals surface area contributed by atoms with Crippen molar-refractivity contribution < 1.29 is 9.53 Å². The fourth-order valence-corrected chi connectivity index (χ4v) is 4.39. The van der Waals surface area contributed by atoms with E-state index >= 15 is 0 Å². The quantitative estimate of drug-likeness (QED) is 0.848. The fraction of sp³-hybridized carbons (Fsp3) is 0.667. The Morgan fingerprint density at radius 1 is 1.13 bits per heavy atom. The van der Waals surface area contributed by atoms with Crippen LogP contribution in [0.5, 0.6) is 0 Å². The highest BCUT2D eigenvalue weighted by atomic mass is 16.5. The van der Waals surface area contributed by atoms with Crippen LogP contribution in [0.2, 0.25) is 0 Å². The maximum Gasteiger partial charge on any atom is 0.224 e. The molecule has 1 aromatic heterocycles. The van der Waals surface area contributed by atoms with Crippen molar-refractivity contribution in [2.24, 2.45) is 5.92 Å². The molecule has 0 radical (unpaired) electrons. The van der Waals surface area contributed by atoms with Gasteiger partial charge >= 0.3 is 0 Å². The molecule has 4 rings (SSSR count). The Kier molecular flexibility index (Phi) is 4.31. The predicted octanol–water partition coefficient (Wildman–Crippen LogP) is 1.68. The highest BCUT2D eigenvalue weighted by molar-refractivity contribution is 5.80. The Bertz CT molecular complexity index is 544. The number of fused-ring (bicyclic) bond motifs is 1. The molecule has 0 aliphatic carbocycles. The number of hydrogen-bond acceptors (Lipinski definition) is 4. The van der Waals surface area contributed by atoms with Crippen molar-refractivity contribution in [2.45, 2.75) is 44.3 Å². The Morgan fingerprint density at radius 3 is 2.70 bits per heavy atom.